The van der Waals surface area contributed by atoms with E-state index in [4.69, 9.17) is 11.6 Å². The predicted octanol–water partition coefficient (Wildman–Crippen LogP) is 3.71. The number of likely N-dealkylation sites (N-methyl/N-ethyl adjacent to an activating group) is 1. The van der Waals surface area contributed by atoms with Crippen LogP contribution >= 0.6 is 27.5 Å². The molecule has 0 spiro atoms. The van der Waals surface area contributed by atoms with Gasteiger partial charge in [0.25, 0.3) is 5.91 Å². The second kappa shape index (κ2) is 7.43. The van der Waals surface area contributed by atoms with Crippen LogP contribution in [0.2, 0.25) is 5.02 Å². The average Bonchev–Trinajstić information content (AvgIpc) is 2.45. The number of nitrogens with one attached hydrogen (secondary N) is 1. The summed E-state index contributed by atoms with van der Waals surface area (Å²) < 4.78 is 0.885. The highest BCUT2D eigenvalue weighted by atomic mass is 79.9. The standard InChI is InChI=1S/C15H20BrClN2O/c1-2-19(10-12-5-3-4-8-18-12)15(20)13-7-6-11(16)9-14(13)17/h6-7,9,12,18H,2-5,8,10H2,1H3. The molecule has 1 unspecified atom stereocenters. The molecule has 1 aromatic carbocycles. The molecule has 1 saturated heterocycles. The first-order valence-corrected chi connectivity index (χ1v) is 8.26. The maximum absolute atomic E-state index is 12.6. The van der Waals surface area contributed by atoms with E-state index in [1.54, 1.807) is 12.1 Å². The molecule has 5 heteroatoms. The summed E-state index contributed by atoms with van der Waals surface area (Å²) in [5.74, 6) is 0.0115. The number of amides is 1. The lowest BCUT2D eigenvalue weighted by molar-refractivity contribution is 0.0741. The highest BCUT2D eigenvalue weighted by molar-refractivity contribution is 9.10. The lowest BCUT2D eigenvalue weighted by Crippen LogP contribution is -2.45. The van der Waals surface area contributed by atoms with Crippen molar-refractivity contribution in [2.75, 3.05) is 19.6 Å². The fourth-order valence-corrected chi connectivity index (χ4v) is 3.29. The summed E-state index contributed by atoms with van der Waals surface area (Å²) in [6.45, 7) is 4.51. The molecule has 0 bridgehead atoms. The van der Waals surface area contributed by atoms with Crippen LogP contribution in [0.5, 0.6) is 0 Å². The monoisotopic (exact) mass is 358 g/mol. The third-order valence-electron chi connectivity index (χ3n) is 3.68. The van der Waals surface area contributed by atoms with Crippen LogP contribution in [0.3, 0.4) is 0 Å². The lowest BCUT2D eigenvalue weighted by atomic mass is 10.0. The molecule has 110 valence electrons. The van der Waals surface area contributed by atoms with Crippen molar-refractivity contribution in [1.29, 1.82) is 0 Å². The van der Waals surface area contributed by atoms with Gasteiger partial charge in [0.1, 0.15) is 0 Å². The fraction of sp³-hybridized carbons (Fsp3) is 0.533. The molecule has 0 aromatic heterocycles. The minimum atomic E-state index is 0.0115. The number of rotatable bonds is 4. The van der Waals surface area contributed by atoms with Gasteiger partial charge in [-0.05, 0) is 44.5 Å². The Morgan fingerprint density at radius 2 is 2.30 bits per heavy atom. The van der Waals surface area contributed by atoms with Crippen LogP contribution in [0.4, 0.5) is 0 Å². The molecule has 2 rings (SSSR count). The molecule has 1 aromatic rings. The quantitative estimate of drug-likeness (QED) is 0.889. The van der Waals surface area contributed by atoms with Crippen LogP contribution in [-0.4, -0.2) is 36.5 Å². The fourth-order valence-electron chi connectivity index (χ4n) is 2.53. The van der Waals surface area contributed by atoms with Crippen LogP contribution in [-0.2, 0) is 0 Å². The van der Waals surface area contributed by atoms with Gasteiger partial charge >= 0.3 is 0 Å². The molecule has 1 aliphatic heterocycles. The molecule has 1 fully saturated rings. The lowest BCUT2D eigenvalue weighted by Gasteiger charge is -2.30. The molecule has 1 heterocycles. The summed E-state index contributed by atoms with van der Waals surface area (Å²) in [6.07, 6.45) is 3.61. The number of nitrogens with zero attached hydrogens (tertiary/aromatic N) is 1. The average molecular weight is 360 g/mol. The van der Waals surface area contributed by atoms with Gasteiger partial charge in [-0.1, -0.05) is 34.0 Å². The van der Waals surface area contributed by atoms with E-state index in [9.17, 15) is 4.79 Å². The maximum Gasteiger partial charge on any atom is 0.255 e. The van der Waals surface area contributed by atoms with Crippen molar-refractivity contribution in [3.8, 4) is 0 Å². The van der Waals surface area contributed by atoms with Gasteiger partial charge in [0, 0.05) is 23.6 Å². The van der Waals surface area contributed by atoms with E-state index in [2.05, 4.69) is 21.2 Å². The molecular weight excluding hydrogens is 340 g/mol. The molecule has 1 aliphatic rings. The number of halogens is 2. The molecular formula is C15H20BrClN2O. The zero-order valence-electron chi connectivity index (χ0n) is 11.7. The zero-order valence-corrected chi connectivity index (χ0v) is 14.0. The van der Waals surface area contributed by atoms with Gasteiger partial charge in [-0.2, -0.15) is 0 Å². The van der Waals surface area contributed by atoms with E-state index in [-0.39, 0.29) is 5.91 Å². The van der Waals surface area contributed by atoms with E-state index in [1.165, 1.54) is 12.8 Å². The molecule has 20 heavy (non-hydrogen) atoms. The minimum absolute atomic E-state index is 0.0115. The molecule has 3 nitrogen and oxygen atoms in total. The van der Waals surface area contributed by atoms with E-state index in [0.717, 1.165) is 24.0 Å². The van der Waals surface area contributed by atoms with E-state index in [0.29, 0.717) is 23.2 Å². The van der Waals surface area contributed by atoms with Gasteiger partial charge < -0.3 is 10.2 Å². The van der Waals surface area contributed by atoms with Gasteiger partial charge in [-0.15, -0.1) is 0 Å². The molecule has 1 N–H and O–H groups in total. The zero-order chi connectivity index (χ0) is 14.5. The summed E-state index contributed by atoms with van der Waals surface area (Å²) in [5.41, 5.74) is 0.576. The Hall–Kier alpha value is -0.580. The maximum atomic E-state index is 12.6. The van der Waals surface area contributed by atoms with Crippen LogP contribution in [0.1, 0.15) is 36.5 Å². The number of piperidine rings is 1. The number of carbonyl (C=O) groups excluding carboxylic acids is 1. The van der Waals surface area contributed by atoms with Gasteiger partial charge in [-0.25, -0.2) is 0 Å². The van der Waals surface area contributed by atoms with Gasteiger partial charge in [0.2, 0.25) is 0 Å². The third kappa shape index (κ3) is 3.96. The first-order chi connectivity index (χ1) is 9.61. The molecule has 1 amide bonds. The summed E-state index contributed by atoms with van der Waals surface area (Å²) in [6, 6.07) is 5.81. The van der Waals surface area contributed by atoms with E-state index >= 15 is 0 Å². The Morgan fingerprint density at radius 1 is 1.50 bits per heavy atom. The highest BCUT2D eigenvalue weighted by Gasteiger charge is 2.21. The largest absolute Gasteiger partial charge is 0.337 e. The smallest absolute Gasteiger partial charge is 0.255 e. The van der Waals surface area contributed by atoms with Crippen molar-refractivity contribution in [2.24, 2.45) is 0 Å². The number of carbonyl (C=O) groups is 1. The Labute approximate surface area is 133 Å². The van der Waals surface area contributed by atoms with E-state index in [1.807, 2.05) is 17.9 Å². The first kappa shape index (κ1) is 15.8. The Bertz CT molecular complexity index is 475. The SMILES string of the molecule is CCN(CC1CCCCN1)C(=O)c1ccc(Br)cc1Cl. The second-order valence-electron chi connectivity index (χ2n) is 5.11. The summed E-state index contributed by atoms with van der Waals surface area (Å²) >= 11 is 9.53. The molecule has 0 saturated carbocycles. The second-order valence-corrected chi connectivity index (χ2v) is 6.44. The predicted molar refractivity (Wildman–Crippen MR) is 86.4 cm³/mol. The molecule has 0 radical (unpaired) electrons. The third-order valence-corrected chi connectivity index (χ3v) is 4.49. The topological polar surface area (TPSA) is 32.3 Å². The normalized spacial score (nSPS) is 18.9. The summed E-state index contributed by atoms with van der Waals surface area (Å²) in [5, 5.41) is 3.98. The van der Waals surface area contributed by atoms with Crippen molar-refractivity contribution in [2.45, 2.75) is 32.2 Å². The number of hydrogen-bond acceptors (Lipinski definition) is 2. The van der Waals surface area contributed by atoms with Crippen molar-refractivity contribution in [1.82, 2.24) is 10.2 Å². The molecule has 0 aliphatic carbocycles. The van der Waals surface area contributed by atoms with Crippen molar-refractivity contribution in [3.63, 3.8) is 0 Å². The Kier molecular flexibility index (Phi) is 5.87. The first-order valence-electron chi connectivity index (χ1n) is 7.09. The highest BCUT2D eigenvalue weighted by Crippen LogP contribution is 2.23. The van der Waals surface area contributed by atoms with Crippen LogP contribution < -0.4 is 5.32 Å². The number of benzene rings is 1. The van der Waals surface area contributed by atoms with Gasteiger partial charge in [-0.3, -0.25) is 4.79 Å². The van der Waals surface area contributed by atoms with Crippen LogP contribution in [0.15, 0.2) is 22.7 Å². The summed E-state index contributed by atoms with van der Waals surface area (Å²) in [4.78, 5) is 14.5. The molecule has 1 atom stereocenters. The van der Waals surface area contributed by atoms with E-state index < -0.39 is 0 Å². The van der Waals surface area contributed by atoms with Gasteiger partial charge in [0.15, 0.2) is 0 Å². The van der Waals surface area contributed by atoms with Crippen LogP contribution in [0.25, 0.3) is 0 Å². The number of hydrogen-bond donors (Lipinski definition) is 1. The van der Waals surface area contributed by atoms with Crippen molar-refractivity contribution < 1.29 is 4.79 Å². The van der Waals surface area contributed by atoms with Crippen molar-refractivity contribution >= 4 is 33.4 Å². The minimum Gasteiger partial charge on any atom is -0.337 e. The van der Waals surface area contributed by atoms with Gasteiger partial charge in [0.05, 0.1) is 10.6 Å². The summed E-state index contributed by atoms with van der Waals surface area (Å²) in [7, 11) is 0. The Balaban J connectivity index is 2.07. The van der Waals surface area contributed by atoms with Crippen LogP contribution in [0, 0.1) is 0 Å². The van der Waals surface area contributed by atoms with Crippen molar-refractivity contribution in [3.05, 3.63) is 33.3 Å². The Morgan fingerprint density at radius 3 is 2.90 bits per heavy atom.